The zero-order valence-electron chi connectivity index (χ0n) is 33.4. The van der Waals surface area contributed by atoms with E-state index in [0.29, 0.717) is 12.1 Å². The van der Waals surface area contributed by atoms with Crippen LogP contribution in [0.1, 0.15) is 0 Å². The highest BCUT2D eigenvalue weighted by Gasteiger charge is 2.29. The second-order valence-electron chi connectivity index (χ2n) is 13.4. The summed E-state index contributed by atoms with van der Waals surface area (Å²) in [5.74, 6) is -2.81. The van der Waals surface area contributed by atoms with Crippen LogP contribution in [-0.4, -0.2) is 106 Å². The largest absolute Gasteiger partial charge is 0.505 e. The Balaban J connectivity index is 1.39. The summed E-state index contributed by atoms with van der Waals surface area (Å²) in [6, 6.07) is 12.6. The molecule has 0 aliphatic carbocycles. The Hall–Kier alpha value is -6.48. The molecule has 0 saturated heterocycles. The summed E-state index contributed by atoms with van der Waals surface area (Å²) >= 11 is 6.09. The molecule has 1 aromatic heterocycles. The van der Waals surface area contributed by atoms with Gasteiger partial charge in [0.2, 0.25) is 17.2 Å². The number of nitrogens with zero attached hydrogens (tertiary/aromatic N) is 7. The number of nitrogens with two attached hydrogens (primary N) is 1. The van der Waals surface area contributed by atoms with Gasteiger partial charge in [-0.1, -0.05) is 6.07 Å². The second kappa shape index (κ2) is 19.1. The van der Waals surface area contributed by atoms with Gasteiger partial charge in [0.15, 0.2) is 15.6 Å². The van der Waals surface area contributed by atoms with Crippen LogP contribution in [0, 0.1) is 0 Å². The molecular weight excluding hydrogens is 1070 g/mol. The third kappa shape index (κ3) is 12.8. The minimum absolute atomic E-state index is 0.0500. The summed E-state index contributed by atoms with van der Waals surface area (Å²) in [5.41, 5.74) is 2.25. The van der Waals surface area contributed by atoms with Gasteiger partial charge in [-0.3, -0.25) is 22.8 Å². The van der Waals surface area contributed by atoms with Crippen LogP contribution in [0.5, 0.6) is 5.75 Å². The van der Waals surface area contributed by atoms with Crippen molar-refractivity contribution in [1.82, 2.24) is 15.0 Å². The van der Waals surface area contributed by atoms with E-state index >= 15 is 0 Å². The van der Waals surface area contributed by atoms with Crippen molar-refractivity contribution < 1.29 is 82.6 Å². The highest BCUT2D eigenvalue weighted by Crippen LogP contribution is 2.48. The first-order valence-electron chi connectivity index (χ1n) is 17.8. The van der Waals surface area contributed by atoms with Gasteiger partial charge in [0.1, 0.15) is 31.7 Å². The summed E-state index contributed by atoms with van der Waals surface area (Å²) in [7, 11) is -29.7. The number of anilines is 5. The molecule has 0 bridgehead atoms. The summed E-state index contributed by atoms with van der Waals surface area (Å²) < 4.78 is 197. The number of nitrogens with one attached hydrogen (secondary N) is 2. The number of aromatic hydroxyl groups is 1. The Labute approximate surface area is 393 Å². The molecule has 6 rings (SSSR count). The number of aromatic nitrogens is 3. The quantitative estimate of drug-likeness (QED) is 0.0334. The van der Waals surface area contributed by atoms with Crippen molar-refractivity contribution in [2.75, 3.05) is 28.7 Å². The lowest BCUT2D eigenvalue weighted by atomic mass is 10.1. The van der Waals surface area contributed by atoms with E-state index in [0.717, 1.165) is 48.5 Å². The van der Waals surface area contributed by atoms with E-state index in [-0.39, 0.29) is 33.9 Å². The summed E-state index contributed by atoms with van der Waals surface area (Å²) in [6.45, 7) is -0.901. The van der Waals surface area contributed by atoms with Gasteiger partial charge in [-0.2, -0.15) is 62.2 Å². The maximum Gasteiger partial charge on any atom is 0.397 e. The number of hydrogen-bond acceptors (Lipinski definition) is 24. The SMILES string of the molecule is Nc1c(/N=N/c2ccc(S(=O)(=O)O)cc2)c(S(=O)(=O)O)cc2cc(S(=O)(=O)O)c(/N=N/c3cc(Nc4nc(Cl)nc(Nc5cccc(S(=O)(=O)CCOS(=O)(=O)O)c5)n4)ccc3S(=O)(=O)O)c(O)c12. The van der Waals surface area contributed by atoms with E-state index in [1.165, 1.54) is 18.2 Å². The first-order chi connectivity index (χ1) is 31.8. The van der Waals surface area contributed by atoms with Crippen molar-refractivity contribution in [1.29, 1.82) is 0 Å². The molecule has 0 aliphatic heterocycles. The molecule has 10 N–H and O–H groups in total. The van der Waals surface area contributed by atoms with Gasteiger partial charge < -0.3 is 21.5 Å². The molecule has 0 fully saturated rings. The number of halogens is 1. The zero-order chi connectivity index (χ0) is 51.1. The number of hydrogen-bond donors (Lipinski definition) is 9. The maximum atomic E-state index is 12.7. The minimum Gasteiger partial charge on any atom is -0.505 e. The summed E-state index contributed by atoms with van der Waals surface area (Å²) in [6.07, 6.45) is 0. The van der Waals surface area contributed by atoms with Crippen molar-refractivity contribution in [3.8, 4) is 5.75 Å². The number of fused-ring (bicyclic) bond motifs is 1. The van der Waals surface area contributed by atoms with Gasteiger partial charge in [0, 0.05) is 11.4 Å². The lowest BCUT2D eigenvalue weighted by Gasteiger charge is -2.14. The van der Waals surface area contributed by atoms with Gasteiger partial charge in [-0.25, -0.2) is 12.6 Å². The van der Waals surface area contributed by atoms with Crippen LogP contribution in [0.25, 0.3) is 10.8 Å². The van der Waals surface area contributed by atoms with Crippen LogP contribution in [0.2, 0.25) is 5.28 Å². The Kier molecular flexibility index (Phi) is 14.4. The van der Waals surface area contributed by atoms with E-state index < -0.39 is 137 Å². The molecule has 1 heterocycles. The number of benzene rings is 5. The van der Waals surface area contributed by atoms with Crippen LogP contribution in [0.15, 0.2) is 124 Å². The molecule has 6 aromatic rings. The van der Waals surface area contributed by atoms with Crippen molar-refractivity contribution in [2.45, 2.75) is 24.5 Å². The van der Waals surface area contributed by atoms with Crippen molar-refractivity contribution >= 4 is 135 Å². The highest BCUT2D eigenvalue weighted by molar-refractivity contribution is 7.91. The van der Waals surface area contributed by atoms with Gasteiger partial charge in [0.05, 0.1) is 38.9 Å². The highest BCUT2D eigenvalue weighted by atomic mass is 35.5. The van der Waals surface area contributed by atoms with Crippen LogP contribution < -0.4 is 16.4 Å². The summed E-state index contributed by atoms with van der Waals surface area (Å²) in [4.78, 5) is 7.61. The number of phenolic OH excluding ortho intramolecular Hbond substituents is 1. The Bertz CT molecular complexity index is 3850. The standard InChI is InChI=1S/C33H27ClN10O19S6/c34-31-38-32(36-18-2-1-3-21(14-18)64(46,47)11-10-63-69(60,61)62)40-33(39-31)37-19-6-9-23(66(51,52)53)22(15-19)42-44-29-25(68(57,58)59)13-16-12-24(67(54,55)56)28(27(35)26(16)30(29)45)43-41-17-4-7-20(8-5-17)65(48,49)50/h1-9,12-15,45H,10-11,35H2,(H,48,49,50)(H,51,52,53)(H,54,55,56)(H,57,58,59)(H,60,61,62)(H2,36,37,38,39,40)/b43-41+,44-42+. The fourth-order valence-corrected chi connectivity index (χ4v) is 9.85. The van der Waals surface area contributed by atoms with Crippen LogP contribution in [0.4, 0.5) is 51.7 Å². The lowest BCUT2D eigenvalue weighted by molar-refractivity contribution is 0.284. The van der Waals surface area contributed by atoms with Gasteiger partial charge in [-0.15, -0.1) is 15.3 Å². The maximum absolute atomic E-state index is 12.7. The number of rotatable bonds is 17. The normalized spacial score (nSPS) is 13.1. The van der Waals surface area contributed by atoms with Crippen LogP contribution >= 0.6 is 11.6 Å². The molecule has 69 heavy (non-hydrogen) atoms. The Morgan fingerprint density at radius 2 is 1.14 bits per heavy atom. The van der Waals surface area contributed by atoms with E-state index in [4.69, 9.17) is 21.9 Å². The third-order valence-electron chi connectivity index (χ3n) is 8.66. The topological polar surface area (TPSA) is 474 Å². The number of phenols is 1. The molecule has 0 atom stereocenters. The van der Waals surface area contributed by atoms with E-state index in [2.05, 4.69) is 50.2 Å². The van der Waals surface area contributed by atoms with Crippen molar-refractivity contribution in [2.24, 2.45) is 20.5 Å². The molecular formula is C33H27ClN10O19S6. The molecule has 0 saturated carbocycles. The third-order valence-corrected chi connectivity index (χ3v) is 14.5. The predicted octanol–water partition coefficient (Wildman–Crippen LogP) is 4.86. The Morgan fingerprint density at radius 3 is 1.70 bits per heavy atom. The fourth-order valence-electron chi connectivity index (χ4n) is 5.75. The monoisotopic (exact) mass is 1090 g/mol. The van der Waals surface area contributed by atoms with Crippen molar-refractivity contribution in [3.63, 3.8) is 0 Å². The van der Waals surface area contributed by atoms with Crippen LogP contribution in [0.3, 0.4) is 0 Å². The van der Waals surface area contributed by atoms with E-state index in [1.54, 1.807) is 0 Å². The molecule has 0 aliphatic rings. The molecule has 0 spiro atoms. The fraction of sp³-hybridized carbons (Fsp3) is 0.0606. The molecule has 366 valence electrons. The number of nitrogen functional groups attached to an aromatic ring is 1. The Morgan fingerprint density at radius 1 is 0.594 bits per heavy atom. The minimum atomic E-state index is -5.47. The number of azo groups is 2. The van der Waals surface area contributed by atoms with E-state index in [1.807, 2.05) is 0 Å². The van der Waals surface area contributed by atoms with Crippen LogP contribution in [-0.2, 0) is 64.9 Å². The smallest absolute Gasteiger partial charge is 0.397 e. The molecule has 29 nitrogen and oxygen atoms in total. The molecule has 36 heteroatoms. The first-order valence-corrected chi connectivity index (χ1v) is 27.0. The second-order valence-corrected chi connectivity index (χ2v) is 22.5. The average molecular weight is 1100 g/mol. The molecule has 0 radical (unpaired) electrons. The van der Waals surface area contributed by atoms with Gasteiger partial charge >= 0.3 is 10.4 Å². The van der Waals surface area contributed by atoms with Gasteiger partial charge in [0.25, 0.3) is 40.5 Å². The first kappa shape index (κ1) is 51.9. The average Bonchev–Trinajstić information content (AvgIpc) is 3.20. The predicted molar refractivity (Wildman–Crippen MR) is 238 cm³/mol. The van der Waals surface area contributed by atoms with Gasteiger partial charge in [-0.05, 0) is 89.8 Å². The van der Waals surface area contributed by atoms with E-state index in [9.17, 15) is 73.8 Å². The van der Waals surface area contributed by atoms with Crippen molar-refractivity contribution in [3.05, 3.63) is 84.1 Å². The molecule has 0 amide bonds. The number of sulfone groups is 1. The zero-order valence-corrected chi connectivity index (χ0v) is 39.1. The summed E-state index contributed by atoms with van der Waals surface area (Å²) in [5, 5.41) is 29.8. The molecule has 5 aromatic carbocycles. The molecule has 0 unspecified atom stereocenters. The lowest BCUT2D eigenvalue weighted by Crippen LogP contribution is -2.15.